The molecule has 0 spiro atoms. The monoisotopic (exact) mass is 611 g/mol. The SMILES string of the molecule is CC(C)(C)OC(=O)Nc1ccc2oc(C(=O)Nc3cccc(C(=O)N4C[C@@H](CCl)c5c4cc(O)c4ccccc54)c3)cc2c1. The second kappa shape index (κ2) is 11.2. The third kappa shape index (κ3) is 5.66. The number of carbonyl (C=O) groups is 3. The number of nitrogens with one attached hydrogen (secondary N) is 2. The number of halogens is 1. The van der Waals surface area contributed by atoms with E-state index in [2.05, 4.69) is 10.6 Å². The van der Waals surface area contributed by atoms with Crippen molar-refractivity contribution in [3.63, 3.8) is 0 Å². The van der Waals surface area contributed by atoms with Crippen LogP contribution >= 0.6 is 11.6 Å². The van der Waals surface area contributed by atoms with E-state index in [1.165, 1.54) is 0 Å². The molecule has 9 nitrogen and oxygen atoms in total. The van der Waals surface area contributed by atoms with Gasteiger partial charge in [0.15, 0.2) is 5.76 Å². The van der Waals surface area contributed by atoms with Crippen LogP contribution in [-0.4, -0.2) is 41.0 Å². The molecule has 5 aromatic rings. The molecule has 10 heteroatoms. The Balaban J connectivity index is 1.21. The van der Waals surface area contributed by atoms with Gasteiger partial charge in [-0.05, 0) is 74.2 Å². The van der Waals surface area contributed by atoms with Crippen molar-refractivity contribution >= 4 is 68.3 Å². The zero-order valence-electron chi connectivity index (χ0n) is 24.3. The maximum atomic E-state index is 13.8. The molecule has 4 aromatic carbocycles. The van der Waals surface area contributed by atoms with Crippen molar-refractivity contribution in [1.82, 2.24) is 0 Å². The molecule has 0 saturated carbocycles. The lowest BCUT2D eigenvalue weighted by Crippen LogP contribution is -2.30. The number of amides is 3. The predicted molar refractivity (Wildman–Crippen MR) is 171 cm³/mol. The van der Waals surface area contributed by atoms with E-state index < -0.39 is 17.6 Å². The van der Waals surface area contributed by atoms with Crippen molar-refractivity contribution in [1.29, 1.82) is 0 Å². The van der Waals surface area contributed by atoms with Gasteiger partial charge >= 0.3 is 6.09 Å². The molecule has 0 saturated heterocycles. The number of rotatable bonds is 5. The Morgan fingerprint density at radius 2 is 1.70 bits per heavy atom. The van der Waals surface area contributed by atoms with Gasteiger partial charge in [0.1, 0.15) is 16.9 Å². The minimum Gasteiger partial charge on any atom is -0.507 e. The Kier molecular flexibility index (Phi) is 7.43. The number of benzene rings is 4. The second-order valence-corrected chi connectivity index (χ2v) is 12.0. The molecule has 224 valence electrons. The normalized spacial score (nSPS) is 14.5. The number of phenolic OH excluding ortho intramolecular Hbond substituents is 1. The van der Waals surface area contributed by atoms with E-state index in [1.54, 1.807) is 80.3 Å². The fraction of sp³-hybridized carbons (Fsp3) is 0.206. The quantitative estimate of drug-likeness (QED) is 0.174. The summed E-state index contributed by atoms with van der Waals surface area (Å²) in [5, 5.41) is 18.4. The number of hydrogen-bond donors (Lipinski definition) is 3. The first-order valence-corrected chi connectivity index (χ1v) is 14.6. The van der Waals surface area contributed by atoms with Gasteiger partial charge in [-0.3, -0.25) is 14.9 Å². The van der Waals surface area contributed by atoms with E-state index in [0.717, 1.165) is 10.9 Å². The standard InChI is InChI=1S/C34H30ClN3O6/c1-34(2,3)44-33(42)37-23-11-12-28-20(14-23)15-29(43-28)31(40)36-22-8-6-7-19(13-22)32(41)38-18-21(17-35)30-25-10-5-4-9-24(25)27(39)16-26(30)38/h4-16,21,39H,17-18H2,1-3H3,(H,36,40)(H,37,42)/t21-/m1/s1. The van der Waals surface area contributed by atoms with Gasteiger partial charge in [0.25, 0.3) is 11.8 Å². The molecule has 1 aliphatic heterocycles. The molecule has 0 unspecified atom stereocenters. The molecule has 44 heavy (non-hydrogen) atoms. The van der Waals surface area contributed by atoms with E-state index in [4.69, 9.17) is 20.8 Å². The number of ether oxygens (including phenoxy) is 1. The average molecular weight is 612 g/mol. The maximum Gasteiger partial charge on any atom is 0.412 e. The molecule has 0 bridgehead atoms. The van der Waals surface area contributed by atoms with Gasteiger partial charge < -0.3 is 24.5 Å². The highest BCUT2D eigenvalue weighted by Crippen LogP contribution is 2.45. The molecule has 1 aliphatic rings. The van der Waals surface area contributed by atoms with Crippen LogP contribution in [0.1, 0.15) is 53.2 Å². The van der Waals surface area contributed by atoms with Crippen LogP contribution in [0.4, 0.5) is 21.9 Å². The average Bonchev–Trinajstić information content (AvgIpc) is 3.57. The van der Waals surface area contributed by atoms with Crippen LogP contribution in [0, 0.1) is 0 Å². The minimum absolute atomic E-state index is 0.0620. The highest BCUT2D eigenvalue weighted by molar-refractivity contribution is 6.19. The fourth-order valence-corrected chi connectivity index (χ4v) is 5.73. The van der Waals surface area contributed by atoms with E-state index in [9.17, 15) is 19.5 Å². The topological polar surface area (TPSA) is 121 Å². The Hall–Kier alpha value is -5.02. The lowest BCUT2D eigenvalue weighted by Gasteiger charge is -2.19. The number of fused-ring (bicyclic) bond motifs is 4. The lowest BCUT2D eigenvalue weighted by molar-refractivity contribution is 0.0635. The van der Waals surface area contributed by atoms with Gasteiger partial charge in [-0.25, -0.2) is 4.79 Å². The lowest BCUT2D eigenvalue weighted by atomic mass is 9.95. The van der Waals surface area contributed by atoms with Crippen molar-refractivity contribution in [2.24, 2.45) is 0 Å². The van der Waals surface area contributed by atoms with Gasteiger partial charge in [-0.1, -0.05) is 30.3 Å². The highest BCUT2D eigenvalue weighted by Gasteiger charge is 2.35. The fourth-order valence-electron chi connectivity index (χ4n) is 5.48. The van der Waals surface area contributed by atoms with Crippen LogP contribution in [0.3, 0.4) is 0 Å². The smallest absolute Gasteiger partial charge is 0.412 e. The molecule has 0 radical (unpaired) electrons. The number of alkyl halides is 1. The molecule has 0 aliphatic carbocycles. The molecule has 3 N–H and O–H groups in total. The van der Waals surface area contributed by atoms with E-state index in [0.29, 0.717) is 51.4 Å². The summed E-state index contributed by atoms with van der Waals surface area (Å²) in [4.78, 5) is 40.6. The minimum atomic E-state index is -0.638. The molecule has 2 heterocycles. The van der Waals surface area contributed by atoms with Gasteiger partial charge in [-0.2, -0.15) is 0 Å². The Labute approximate surface area is 258 Å². The van der Waals surface area contributed by atoms with Crippen molar-refractivity contribution in [2.75, 3.05) is 28.0 Å². The van der Waals surface area contributed by atoms with Gasteiger partial charge in [0.2, 0.25) is 0 Å². The first-order chi connectivity index (χ1) is 21.0. The van der Waals surface area contributed by atoms with Crippen LogP contribution < -0.4 is 15.5 Å². The first kappa shape index (κ1) is 29.1. The van der Waals surface area contributed by atoms with Gasteiger partial charge in [0.05, 0.1) is 5.69 Å². The summed E-state index contributed by atoms with van der Waals surface area (Å²) in [6.07, 6.45) is -0.589. The van der Waals surface area contributed by atoms with Crippen LogP contribution in [0.2, 0.25) is 0 Å². The van der Waals surface area contributed by atoms with Crippen molar-refractivity contribution in [3.05, 3.63) is 95.7 Å². The zero-order chi connectivity index (χ0) is 31.2. The van der Waals surface area contributed by atoms with Gasteiger partial charge in [0, 0.05) is 52.1 Å². The number of anilines is 3. The molecule has 3 amide bonds. The predicted octanol–water partition coefficient (Wildman–Crippen LogP) is 7.87. The van der Waals surface area contributed by atoms with E-state index in [-0.39, 0.29) is 23.3 Å². The number of carbonyl (C=O) groups excluding carboxylic acids is 3. The molecule has 0 fully saturated rings. The van der Waals surface area contributed by atoms with Gasteiger partial charge in [-0.15, -0.1) is 11.6 Å². The second-order valence-electron chi connectivity index (χ2n) is 11.7. The van der Waals surface area contributed by atoms with Crippen molar-refractivity contribution in [3.8, 4) is 5.75 Å². The highest BCUT2D eigenvalue weighted by atomic mass is 35.5. The van der Waals surface area contributed by atoms with E-state index >= 15 is 0 Å². The van der Waals surface area contributed by atoms with E-state index in [1.807, 2.05) is 24.3 Å². The molecular formula is C34H30ClN3O6. The largest absolute Gasteiger partial charge is 0.507 e. The first-order valence-electron chi connectivity index (χ1n) is 14.1. The zero-order valence-corrected chi connectivity index (χ0v) is 25.1. The molecule has 1 aromatic heterocycles. The molecule has 1 atom stereocenters. The molecular weight excluding hydrogens is 582 g/mol. The Bertz CT molecular complexity index is 1940. The Morgan fingerprint density at radius 3 is 2.45 bits per heavy atom. The third-order valence-electron chi connectivity index (χ3n) is 7.33. The van der Waals surface area contributed by atoms with Crippen LogP contribution in [0.25, 0.3) is 21.7 Å². The third-order valence-corrected chi connectivity index (χ3v) is 7.70. The van der Waals surface area contributed by atoms with Crippen LogP contribution in [0.5, 0.6) is 5.75 Å². The summed E-state index contributed by atoms with van der Waals surface area (Å²) in [6.45, 7) is 5.69. The van der Waals surface area contributed by atoms with Crippen molar-refractivity contribution in [2.45, 2.75) is 32.3 Å². The number of nitrogens with zero attached hydrogens (tertiary/aromatic N) is 1. The Morgan fingerprint density at radius 1 is 0.955 bits per heavy atom. The maximum absolute atomic E-state index is 13.8. The van der Waals surface area contributed by atoms with Crippen LogP contribution in [-0.2, 0) is 4.74 Å². The number of aromatic hydroxyl groups is 1. The molecule has 6 rings (SSSR count). The van der Waals surface area contributed by atoms with Crippen LogP contribution in [0.15, 0.2) is 83.3 Å². The number of phenols is 1. The number of hydrogen-bond acceptors (Lipinski definition) is 6. The summed E-state index contributed by atoms with van der Waals surface area (Å²) in [5.74, 6) is -0.413. The van der Waals surface area contributed by atoms with Crippen molar-refractivity contribution < 1.29 is 28.6 Å². The summed E-state index contributed by atoms with van der Waals surface area (Å²) in [5.41, 5.74) is 2.63. The summed E-state index contributed by atoms with van der Waals surface area (Å²) in [6, 6.07) is 22.3. The summed E-state index contributed by atoms with van der Waals surface area (Å²) >= 11 is 6.33. The summed E-state index contributed by atoms with van der Waals surface area (Å²) < 4.78 is 11.0. The summed E-state index contributed by atoms with van der Waals surface area (Å²) in [7, 11) is 0. The number of furan rings is 1.